The first kappa shape index (κ1) is 28.3. The van der Waals surface area contributed by atoms with Gasteiger partial charge in [-0.2, -0.15) is 0 Å². The predicted octanol–water partition coefficient (Wildman–Crippen LogP) is 6.79. The van der Waals surface area contributed by atoms with E-state index < -0.39 is 20.0 Å². The van der Waals surface area contributed by atoms with E-state index in [1.807, 2.05) is 6.07 Å². The van der Waals surface area contributed by atoms with Crippen molar-refractivity contribution in [1.29, 1.82) is 0 Å². The lowest BCUT2D eigenvalue weighted by Crippen LogP contribution is -2.83. The normalized spacial score (nSPS) is 23.6. The van der Waals surface area contributed by atoms with Crippen molar-refractivity contribution < 1.29 is 22.7 Å². The van der Waals surface area contributed by atoms with Gasteiger partial charge in [-0.25, -0.2) is 8.78 Å². The minimum atomic E-state index is -2.14. The summed E-state index contributed by atoms with van der Waals surface area (Å²) in [5.74, 6) is -1.05. The van der Waals surface area contributed by atoms with Crippen LogP contribution in [0.4, 0.5) is 8.78 Å². The molecule has 2 N–H and O–H groups in total. The molecule has 0 heterocycles. The second-order valence-corrected chi connectivity index (χ2v) is 17.5. The number of ether oxygens (including phenoxy) is 1. The van der Waals surface area contributed by atoms with Crippen molar-refractivity contribution in [2.24, 2.45) is 0 Å². The van der Waals surface area contributed by atoms with Crippen LogP contribution < -0.4 is 15.4 Å². The topological polar surface area (TPSA) is 59.6 Å². The summed E-state index contributed by atoms with van der Waals surface area (Å²) in [7, 11) is -2.14. The van der Waals surface area contributed by atoms with Crippen LogP contribution in [-0.2, 0) is 9.22 Å². The average molecular weight is 572 g/mol. The third kappa shape index (κ3) is 6.14. The van der Waals surface area contributed by atoms with Gasteiger partial charge in [-0.05, 0) is 67.2 Å². The largest absolute Gasteiger partial charge is 0.484 e. The number of carbonyl (C=O) groups excluding carboxylic acids is 1. The van der Waals surface area contributed by atoms with E-state index >= 15 is 0 Å². The first-order valence-corrected chi connectivity index (χ1v) is 16.1. The van der Waals surface area contributed by atoms with Gasteiger partial charge in [0.05, 0.1) is 16.1 Å². The van der Waals surface area contributed by atoms with Crippen LogP contribution >= 0.6 is 23.2 Å². The van der Waals surface area contributed by atoms with Crippen LogP contribution in [0.25, 0.3) is 0 Å². The Morgan fingerprint density at radius 2 is 1.62 bits per heavy atom. The second kappa shape index (κ2) is 10.1. The summed E-state index contributed by atoms with van der Waals surface area (Å²) in [6, 6.07) is 8.92. The molecule has 5 nitrogen and oxygen atoms in total. The van der Waals surface area contributed by atoms with E-state index in [9.17, 15) is 13.6 Å². The molecule has 3 aliphatic carbocycles. The molecule has 3 fully saturated rings. The van der Waals surface area contributed by atoms with Gasteiger partial charge in [-0.15, -0.1) is 0 Å². The lowest BCUT2D eigenvalue weighted by Gasteiger charge is -2.71. The van der Waals surface area contributed by atoms with Gasteiger partial charge < -0.3 is 19.8 Å². The van der Waals surface area contributed by atoms with Crippen LogP contribution in [0.3, 0.4) is 0 Å². The number of halogens is 4. The SMILES string of the molecule is CC(C)(C)[Si](C)(C)OC(CNC12CC(NC(=O)COc3ccc(Cl)c(F)c3)(C1)C2)c1ccc(Cl)c(F)c1. The van der Waals surface area contributed by atoms with Gasteiger partial charge in [0.25, 0.3) is 5.91 Å². The zero-order valence-electron chi connectivity index (χ0n) is 21.8. The van der Waals surface area contributed by atoms with Crippen LogP contribution in [0.2, 0.25) is 28.2 Å². The molecule has 37 heavy (non-hydrogen) atoms. The van der Waals surface area contributed by atoms with Crippen LogP contribution in [0.15, 0.2) is 36.4 Å². The Labute approximate surface area is 228 Å². The molecule has 3 saturated carbocycles. The van der Waals surface area contributed by atoms with Crippen LogP contribution in [-0.4, -0.2) is 38.5 Å². The summed E-state index contributed by atoms with van der Waals surface area (Å²) in [4.78, 5) is 12.4. The number of rotatable bonds is 10. The van der Waals surface area contributed by atoms with E-state index in [4.69, 9.17) is 32.4 Å². The third-order valence-corrected chi connectivity index (χ3v) is 13.0. The number of hydrogen-bond acceptors (Lipinski definition) is 4. The number of carbonyl (C=O) groups is 1. The highest BCUT2D eigenvalue weighted by Crippen LogP contribution is 2.60. The minimum absolute atomic E-state index is 0.000726. The first-order chi connectivity index (χ1) is 17.1. The van der Waals surface area contributed by atoms with Crippen molar-refractivity contribution in [3.8, 4) is 5.75 Å². The van der Waals surface area contributed by atoms with Gasteiger partial charge >= 0.3 is 0 Å². The van der Waals surface area contributed by atoms with Crippen LogP contribution in [0.5, 0.6) is 5.75 Å². The molecule has 2 aromatic carbocycles. The summed E-state index contributed by atoms with van der Waals surface area (Å²) in [6.45, 7) is 11.2. The molecule has 1 atom stereocenters. The number of hydrogen-bond donors (Lipinski definition) is 2. The zero-order valence-corrected chi connectivity index (χ0v) is 24.3. The molecule has 202 valence electrons. The molecular formula is C27H34Cl2F2N2O3Si. The van der Waals surface area contributed by atoms with E-state index in [0.29, 0.717) is 6.54 Å². The second-order valence-electron chi connectivity index (χ2n) is 11.9. The van der Waals surface area contributed by atoms with E-state index in [2.05, 4.69) is 44.5 Å². The van der Waals surface area contributed by atoms with E-state index in [0.717, 1.165) is 30.9 Å². The maximum absolute atomic E-state index is 14.3. The summed E-state index contributed by atoms with van der Waals surface area (Å²) in [5.41, 5.74) is 0.429. The Morgan fingerprint density at radius 3 is 2.19 bits per heavy atom. The molecule has 2 bridgehead atoms. The van der Waals surface area contributed by atoms with Gasteiger partial charge in [0.15, 0.2) is 14.9 Å². The third-order valence-electron chi connectivity index (χ3n) is 7.92. The molecule has 0 aliphatic heterocycles. The van der Waals surface area contributed by atoms with Crippen molar-refractivity contribution in [3.63, 3.8) is 0 Å². The van der Waals surface area contributed by atoms with Gasteiger partial charge in [0.2, 0.25) is 0 Å². The Bertz CT molecular complexity index is 1170. The van der Waals surface area contributed by atoms with E-state index in [1.54, 1.807) is 6.07 Å². The molecule has 3 aliphatic rings. The fourth-order valence-electron chi connectivity index (χ4n) is 4.94. The predicted molar refractivity (Wildman–Crippen MR) is 145 cm³/mol. The Morgan fingerprint density at radius 1 is 1.03 bits per heavy atom. The molecule has 5 rings (SSSR count). The van der Waals surface area contributed by atoms with Crippen molar-refractivity contribution in [2.45, 2.75) is 75.3 Å². The summed E-state index contributed by atoms with van der Waals surface area (Å²) < 4.78 is 39.9. The molecule has 1 amide bonds. The molecule has 0 spiro atoms. The van der Waals surface area contributed by atoms with Gasteiger partial charge in [0, 0.05) is 23.7 Å². The molecule has 2 aromatic rings. The fraction of sp³-hybridized carbons (Fsp3) is 0.519. The van der Waals surface area contributed by atoms with Gasteiger partial charge in [-0.3, -0.25) is 4.79 Å². The Kier molecular flexibility index (Phi) is 7.74. The average Bonchev–Trinajstić information content (AvgIpc) is 2.75. The van der Waals surface area contributed by atoms with Crippen LogP contribution in [0, 0.1) is 11.6 Å². The zero-order chi connectivity index (χ0) is 27.2. The van der Waals surface area contributed by atoms with Crippen LogP contribution in [0.1, 0.15) is 51.7 Å². The quantitative estimate of drug-likeness (QED) is 0.308. The lowest BCUT2D eigenvalue weighted by atomic mass is 9.44. The first-order valence-electron chi connectivity index (χ1n) is 12.4. The molecular weight excluding hydrogens is 537 g/mol. The molecule has 0 saturated heterocycles. The lowest BCUT2D eigenvalue weighted by molar-refractivity contribution is -0.144. The Hall–Kier alpha value is -1.71. The summed E-state index contributed by atoms with van der Waals surface area (Å²) >= 11 is 11.6. The summed E-state index contributed by atoms with van der Waals surface area (Å²) in [5, 5.41) is 6.79. The molecule has 0 aromatic heterocycles. The molecule has 1 unspecified atom stereocenters. The Balaban J connectivity index is 1.32. The number of nitrogens with one attached hydrogen (secondary N) is 2. The standard InChI is InChI=1S/C27H34Cl2F2N2O3Si/c1-25(2,3)37(4,5)36-23(17-6-8-19(28)21(30)10-17)12-32-26-14-27(15-26,16-26)33-24(34)13-35-18-7-9-20(29)22(31)11-18/h6-11,23,32H,12-16H2,1-5H3,(H,33,34). The fourth-order valence-corrected chi connectivity index (χ4v) is 6.46. The number of amides is 1. The smallest absolute Gasteiger partial charge is 0.258 e. The molecule has 10 heteroatoms. The number of benzene rings is 2. The van der Waals surface area contributed by atoms with E-state index in [1.165, 1.54) is 18.2 Å². The maximum atomic E-state index is 14.3. The van der Waals surface area contributed by atoms with Crippen molar-refractivity contribution in [1.82, 2.24) is 10.6 Å². The van der Waals surface area contributed by atoms with Gasteiger partial charge in [-0.1, -0.05) is 50.0 Å². The van der Waals surface area contributed by atoms with Crippen molar-refractivity contribution >= 4 is 37.4 Å². The van der Waals surface area contributed by atoms with Gasteiger partial charge in [0.1, 0.15) is 17.4 Å². The highest BCUT2D eigenvalue weighted by atomic mass is 35.5. The highest BCUT2D eigenvalue weighted by molar-refractivity contribution is 6.74. The maximum Gasteiger partial charge on any atom is 0.258 e. The van der Waals surface area contributed by atoms with E-state index in [-0.39, 0.29) is 50.5 Å². The van der Waals surface area contributed by atoms with Crippen molar-refractivity contribution in [2.75, 3.05) is 13.2 Å². The molecule has 0 radical (unpaired) electrons. The minimum Gasteiger partial charge on any atom is -0.484 e. The highest BCUT2D eigenvalue weighted by Gasteiger charge is 2.68. The monoisotopic (exact) mass is 570 g/mol. The summed E-state index contributed by atoms with van der Waals surface area (Å²) in [6.07, 6.45) is 2.07. The van der Waals surface area contributed by atoms with Crippen molar-refractivity contribution in [3.05, 3.63) is 63.6 Å².